The van der Waals surface area contributed by atoms with Gasteiger partial charge in [0.2, 0.25) is 0 Å². The average molecular weight is 259 g/mol. The van der Waals surface area contributed by atoms with Crippen LogP contribution < -0.4 is 0 Å². The fraction of sp³-hybridized carbons (Fsp3) is 0.364. The summed E-state index contributed by atoms with van der Waals surface area (Å²) in [5.41, 5.74) is 1.18. The van der Waals surface area contributed by atoms with Crippen LogP contribution in [0, 0.1) is 0 Å². The van der Waals surface area contributed by atoms with Crippen LogP contribution in [0.15, 0.2) is 12.1 Å². The molecule has 1 aromatic heterocycles. The fourth-order valence-corrected chi connectivity index (χ4v) is 1.72. The Labute approximate surface area is 103 Å². The number of nitrogens with zero attached hydrogens (tertiary/aromatic N) is 1. The topological polar surface area (TPSA) is 48.9 Å². The van der Waals surface area contributed by atoms with Gasteiger partial charge in [0.25, 0.3) is 0 Å². The summed E-state index contributed by atoms with van der Waals surface area (Å²) in [6, 6.07) is 3.45. The first kappa shape index (κ1) is 11.7. The van der Waals surface area contributed by atoms with Gasteiger partial charge in [0.15, 0.2) is 0 Å². The Morgan fingerprint density at radius 1 is 1.31 bits per heavy atom. The summed E-state index contributed by atoms with van der Waals surface area (Å²) in [6.45, 7) is 3.84. The molecule has 0 amide bonds. The molecule has 0 atom stereocenters. The molecule has 0 bridgehead atoms. The predicted octanol–water partition coefficient (Wildman–Crippen LogP) is 3.14. The molecule has 0 spiro atoms. The maximum Gasteiger partial charge on any atom is 0.115 e. The number of aromatic nitrogens is 2. The van der Waals surface area contributed by atoms with Crippen molar-refractivity contribution in [1.29, 1.82) is 0 Å². The highest BCUT2D eigenvalue weighted by atomic mass is 35.5. The van der Waals surface area contributed by atoms with Gasteiger partial charge in [-0.3, -0.25) is 0 Å². The quantitative estimate of drug-likeness (QED) is 0.870. The molecule has 0 saturated heterocycles. The molecule has 2 aromatic rings. The molecule has 1 aromatic carbocycles. The van der Waals surface area contributed by atoms with Crippen LogP contribution in [0.5, 0.6) is 0 Å². The van der Waals surface area contributed by atoms with Crippen LogP contribution in [0.2, 0.25) is 10.0 Å². The lowest BCUT2D eigenvalue weighted by molar-refractivity contribution is 0.213. The molecule has 2 N–H and O–H groups in total. The number of imidazole rings is 1. The average Bonchev–Trinajstić information content (AvgIpc) is 2.62. The van der Waals surface area contributed by atoms with Crippen LogP contribution in [0.25, 0.3) is 11.0 Å². The smallest absolute Gasteiger partial charge is 0.115 e. The Bertz CT molecular complexity index is 495. The number of H-pyrrole nitrogens is 1. The SMILES string of the molecule is CC(C)(CO)c1nc2cc(Cl)c(Cl)cc2[nH]1. The number of rotatable bonds is 2. The minimum absolute atomic E-state index is 0.0221. The lowest BCUT2D eigenvalue weighted by atomic mass is 9.94. The first-order valence-electron chi connectivity index (χ1n) is 4.90. The molecule has 2 rings (SSSR count). The summed E-state index contributed by atoms with van der Waals surface area (Å²) < 4.78 is 0. The minimum atomic E-state index is -0.405. The maximum absolute atomic E-state index is 9.27. The van der Waals surface area contributed by atoms with Crippen molar-refractivity contribution in [3.8, 4) is 0 Å². The van der Waals surface area contributed by atoms with Gasteiger partial charge < -0.3 is 10.1 Å². The largest absolute Gasteiger partial charge is 0.395 e. The van der Waals surface area contributed by atoms with Crippen LogP contribution in [-0.2, 0) is 5.41 Å². The second-order valence-corrected chi connectivity index (χ2v) is 5.23. The Morgan fingerprint density at radius 3 is 2.56 bits per heavy atom. The van der Waals surface area contributed by atoms with Crippen molar-refractivity contribution in [3.63, 3.8) is 0 Å². The molecule has 0 unspecified atom stereocenters. The molecule has 0 aliphatic rings. The van der Waals surface area contributed by atoms with E-state index in [0.717, 1.165) is 16.9 Å². The predicted molar refractivity (Wildman–Crippen MR) is 66.2 cm³/mol. The molecule has 86 valence electrons. The van der Waals surface area contributed by atoms with Crippen LogP contribution in [0.3, 0.4) is 0 Å². The molecule has 1 heterocycles. The van der Waals surface area contributed by atoms with Gasteiger partial charge >= 0.3 is 0 Å². The second kappa shape index (κ2) is 3.91. The van der Waals surface area contributed by atoms with Crippen molar-refractivity contribution in [3.05, 3.63) is 28.0 Å². The molecule has 3 nitrogen and oxygen atoms in total. The number of nitrogens with one attached hydrogen (secondary N) is 1. The second-order valence-electron chi connectivity index (χ2n) is 4.41. The Kier molecular flexibility index (Phi) is 2.86. The molecular formula is C11H12Cl2N2O. The monoisotopic (exact) mass is 258 g/mol. The number of aliphatic hydroxyl groups excluding tert-OH is 1. The van der Waals surface area contributed by atoms with E-state index in [9.17, 15) is 5.11 Å². The van der Waals surface area contributed by atoms with Gasteiger partial charge in [0.05, 0.1) is 27.7 Å². The Hall–Kier alpha value is -0.770. The van der Waals surface area contributed by atoms with Gasteiger partial charge in [-0.1, -0.05) is 37.0 Å². The molecule has 16 heavy (non-hydrogen) atoms. The first-order valence-corrected chi connectivity index (χ1v) is 5.66. The van der Waals surface area contributed by atoms with Crippen molar-refractivity contribution in [2.75, 3.05) is 6.61 Å². The maximum atomic E-state index is 9.27. The van der Waals surface area contributed by atoms with Crippen molar-refractivity contribution in [1.82, 2.24) is 9.97 Å². The van der Waals surface area contributed by atoms with E-state index in [1.807, 2.05) is 13.8 Å². The standard InChI is InChI=1S/C11H12Cl2N2O/c1-11(2,5-16)10-14-8-3-6(12)7(13)4-9(8)15-10/h3-4,16H,5H2,1-2H3,(H,14,15). The lowest BCUT2D eigenvalue weighted by Gasteiger charge is -2.17. The lowest BCUT2D eigenvalue weighted by Crippen LogP contribution is -2.23. The molecule has 0 saturated carbocycles. The third kappa shape index (κ3) is 1.90. The molecular weight excluding hydrogens is 247 g/mol. The van der Waals surface area contributed by atoms with E-state index in [2.05, 4.69) is 9.97 Å². The molecule has 0 fully saturated rings. The first-order chi connectivity index (χ1) is 7.44. The van der Waals surface area contributed by atoms with Crippen molar-refractivity contribution < 1.29 is 5.11 Å². The fourth-order valence-electron chi connectivity index (χ4n) is 1.40. The number of fused-ring (bicyclic) bond motifs is 1. The van der Waals surface area contributed by atoms with Gasteiger partial charge in [0.1, 0.15) is 5.82 Å². The van der Waals surface area contributed by atoms with Gasteiger partial charge in [-0.25, -0.2) is 4.98 Å². The highest BCUT2D eigenvalue weighted by Crippen LogP contribution is 2.29. The van der Waals surface area contributed by atoms with E-state index >= 15 is 0 Å². The zero-order valence-corrected chi connectivity index (χ0v) is 10.5. The van der Waals surface area contributed by atoms with Gasteiger partial charge in [-0.2, -0.15) is 0 Å². The van der Waals surface area contributed by atoms with Gasteiger partial charge in [-0.05, 0) is 12.1 Å². The van der Waals surface area contributed by atoms with E-state index in [0.29, 0.717) is 10.0 Å². The normalized spacial score (nSPS) is 12.3. The van der Waals surface area contributed by atoms with Gasteiger partial charge in [0, 0.05) is 5.41 Å². The number of halogens is 2. The number of hydrogen-bond donors (Lipinski definition) is 2. The summed E-state index contributed by atoms with van der Waals surface area (Å²) in [5, 5.41) is 10.2. The third-order valence-corrected chi connectivity index (χ3v) is 3.28. The summed E-state index contributed by atoms with van der Waals surface area (Å²) in [5.74, 6) is 0.725. The molecule has 0 aliphatic carbocycles. The van der Waals surface area contributed by atoms with E-state index in [4.69, 9.17) is 23.2 Å². The zero-order valence-electron chi connectivity index (χ0n) is 9.01. The van der Waals surface area contributed by atoms with Crippen LogP contribution in [0.1, 0.15) is 19.7 Å². The zero-order chi connectivity index (χ0) is 11.9. The third-order valence-electron chi connectivity index (χ3n) is 2.56. The highest BCUT2D eigenvalue weighted by Gasteiger charge is 2.23. The summed E-state index contributed by atoms with van der Waals surface area (Å²) in [7, 11) is 0. The van der Waals surface area contributed by atoms with Crippen LogP contribution in [-0.4, -0.2) is 21.7 Å². The van der Waals surface area contributed by atoms with E-state index in [1.165, 1.54) is 0 Å². The van der Waals surface area contributed by atoms with Crippen LogP contribution in [0.4, 0.5) is 0 Å². The van der Waals surface area contributed by atoms with Crippen LogP contribution >= 0.6 is 23.2 Å². The van der Waals surface area contributed by atoms with E-state index in [-0.39, 0.29) is 6.61 Å². The number of benzene rings is 1. The number of hydrogen-bond acceptors (Lipinski definition) is 2. The van der Waals surface area contributed by atoms with Crippen molar-refractivity contribution in [2.24, 2.45) is 0 Å². The minimum Gasteiger partial charge on any atom is -0.395 e. The Balaban J connectivity index is 2.61. The number of aliphatic hydroxyl groups is 1. The van der Waals surface area contributed by atoms with Gasteiger partial charge in [-0.15, -0.1) is 0 Å². The summed E-state index contributed by atoms with van der Waals surface area (Å²) in [4.78, 5) is 7.54. The number of aromatic amines is 1. The summed E-state index contributed by atoms with van der Waals surface area (Å²) in [6.07, 6.45) is 0. The molecule has 5 heteroatoms. The molecule has 0 aliphatic heterocycles. The van der Waals surface area contributed by atoms with E-state index in [1.54, 1.807) is 12.1 Å². The molecule has 0 radical (unpaired) electrons. The van der Waals surface area contributed by atoms with Crippen molar-refractivity contribution in [2.45, 2.75) is 19.3 Å². The summed E-state index contributed by atoms with van der Waals surface area (Å²) >= 11 is 11.8. The van der Waals surface area contributed by atoms with Crippen molar-refractivity contribution >= 4 is 34.2 Å². The van der Waals surface area contributed by atoms with E-state index < -0.39 is 5.41 Å². The Morgan fingerprint density at radius 2 is 1.94 bits per heavy atom. The highest BCUT2D eigenvalue weighted by molar-refractivity contribution is 6.42.